The molecule has 0 radical (unpaired) electrons. The predicted molar refractivity (Wildman–Crippen MR) is 87.2 cm³/mol. The standard InChI is InChI=1S/C15H23N3O5S/c1-2-24(20,21)17-8-9-22-12-15(11-17)6-5-13(23-15)10-18-14(19)4-3-7-16-18/h3-4,7,13H,2,5-6,8-12H2,1H3. The SMILES string of the molecule is CCS(=O)(=O)N1CCOCC2(CCC(Cn3ncccc3=O)O2)C1. The van der Waals surface area contributed by atoms with E-state index in [-0.39, 0.29) is 17.4 Å². The summed E-state index contributed by atoms with van der Waals surface area (Å²) in [7, 11) is -3.29. The minimum Gasteiger partial charge on any atom is -0.377 e. The molecule has 1 aromatic rings. The van der Waals surface area contributed by atoms with Crippen LogP contribution in [-0.4, -0.2) is 66.3 Å². The Bertz CT molecular complexity index is 735. The molecular formula is C15H23N3O5S. The Morgan fingerprint density at radius 1 is 1.46 bits per heavy atom. The summed E-state index contributed by atoms with van der Waals surface area (Å²) in [6.45, 7) is 3.40. The average Bonchev–Trinajstić information content (AvgIpc) is 2.82. The summed E-state index contributed by atoms with van der Waals surface area (Å²) in [4.78, 5) is 11.8. The van der Waals surface area contributed by atoms with Crippen molar-refractivity contribution in [3.63, 3.8) is 0 Å². The maximum atomic E-state index is 12.2. The highest BCUT2D eigenvalue weighted by molar-refractivity contribution is 7.89. The zero-order chi connectivity index (χ0) is 17.2. The molecule has 3 heterocycles. The van der Waals surface area contributed by atoms with Crippen molar-refractivity contribution < 1.29 is 17.9 Å². The van der Waals surface area contributed by atoms with Crippen molar-refractivity contribution in [3.05, 3.63) is 28.7 Å². The van der Waals surface area contributed by atoms with Gasteiger partial charge >= 0.3 is 0 Å². The largest absolute Gasteiger partial charge is 0.377 e. The van der Waals surface area contributed by atoms with Gasteiger partial charge in [-0.1, -0.05) is 0 Å². The first kappa shape index (κ1) is 17.5. The Hall–Kier alpha value is -1.29. The van der Waals surface area contributed by atoms with Crippen molar-refractivity contribution in [3.8, 4) is 0 Å². The van der Waals surface area contributed by atoms with Crippen LogP contribution in [-0.2, 0) is 26.0 Å². The molecule has 1 aromatic heterocycles. The van der Waals surface area contributed by atoms with Gasteiger partial charge in [-0.05, 0) is 25.8 Å². The molecule has 9 heteroatoms. The van der Waals surface area contributed by atoms with E-state index in [2.05, 4.69) is 5.10 Å². The first-order chi connectivity index (χ1) is 11.4. The number of ether oxygens (including phenoxy) is 2. The molecule has 0 N–H and O–H groups in total. The highest BCUT2D eigenvalue weighted by Gasteiger charge is 2.45. The first-order valence-electron chi connectivity index (χ1n) is 8.20. The maximum absolute atomic E-state index is 12.2. The Morgan fingerprint density at radius 3 is 3.04 bits per heavy atom. The molecule has 24 heavy (non-hydrogen) atoms. The molecule has 0 bridgehead atoms. The fourth-order valence-corrected chi connectivity index (χ4v) is 4.40. The maximum Gasteiger partial charge on any atom is 0.266 e. The molecular weight excluding hydrogens is 334 g/mol. The minimum absolute atomic E-state index is 0.0653. The molecule has 2 atom stereocenters. The number of sulfonamides is 1. The normalized spacial score (nSPS) is 29.0. The van der Waals surface area contributed by atoms with Crippen molar-refractivity contribution >= 4 is 10.0 Å². The summed E-state index contributed by atoms with van der Waals surface area (Å²) in [5, 5.41) is 4.05. The molecule has 2 unspecified atom stereocenters. The Balaban J connectivity index is 1.72. The van der Waals surface area contributed by atoms with Crippen molar-refractivity contribution in [1.82, 2.24) is 14.1 Å². The van der Waals surface area contributed by atoms with Crippen LogP contribution < -0.4 is 5.56 Å². The van der Waals surface area contributed by atoms with Crippen LogP contribution in [0, 0.1) is 0 Å². The van der Waals surface area contributed by atoms with E-state index in [1.807, 2.05) is 0 Å². The number of rotatable bonds is 4. The number of hydrogen-bond donors (Lipinski definition) is 0. The summed E-state index contributed by atoms with van der Waals surface area (Å²) in [5.74, 6) is 0.0653. The lowest BCUT2D eigenvalue weighted by molar-refractivity contribution is -0.0863. The van der Waals surface area contributed by atoms with E-state index < -0.39 is 15.6 Å². The van der Waals surface area contributed by atoms with Crippen LogP contribution in [0.3, 0.4) is 0 Å². The van der Waals surface area contributed by atoms with Gasteiger partial charge in [0.25, 0.3) is 5.56 Å². The summed E-state index contributed by atoms with van der Waals surface area (Å²) in [5.41, 5.74) is -0.809. The second-order valence-electron chi connectivity index (χ2n) is 6.29. The van der Waals surface area contributed by atoms with E-state index in [0.717, 1.165) is 6.42 Å². The van der Waals surface area contributed by atoms with E-state index in [4.69, 9.17) is 9.47 Å². The third kappa shape index (κ3) is 3.69. The minimum atomic E-state index is -3.29. The van der Waals surface area contributed by atoms with Crippen molar-refractivity contribution in [1.29, 1.82) is 0 Å². The monoisotopic (exact) mass is 357 g/mol. The number of nitrogens with zero attached hydrogens (tertiary/aromatic N) is 3. The third-order valence-electron chi connectivity index (χ3n) is 4.57. The highest BCUT2D eigenvalue weighted by atomic mass is 32.2. The van der Waals surface area contributed by atoms with Gasteiger partial charge in [0.05, 0.1) is 31.6 Å². The Morgan fingerprint density at radius 2 is 2.29 bits per heavy atom. The van der Waals surface area contributed by atoms with Crippen LogP contribution in [0.15, 0.2) is 23.1 Å². The topological polar surface area (TPSA) is 90.7 Å². The smallest absolute Gasteiger partial charge is 0.266 e. The van der Waals surface area contributed by atoms with E-state index >= 15 is 0 Å². The Labute approximate surface area is 141 Å². The molecule has 0 saturated carbocycles. The Kier molecular flexibility index (Phi) is 5.05. The molecule has 2 aliphatic rings. The van der Waals surface area contributed by atoms with Crippen LogP contribution in [0.1, 0.15) is 19.8 Å². The van der Waals surface area contributed by atoms with Gasteiger partial charge in [-0.15, -0.1) is 0 Å². The summed E-state index contributed by atoms with van der Waals surface area (Å²) < 4.78 is 39.1. The van der Waals surface area contributed by atoms with Crippen LogP contribution in [0.2, 0.25) is 0 Å². The van der Waals surface area contributed by atoms with Crippen LogP contribution >= 0.6 is 0 Å². The second kappa shape index (κ2) is 6.91. The molecule has 0 aromatic carbocycles. The lowest BCUT2D eigenvalue weighted by Gasteiger charge is -2.31. The van der Waals surface area contributed by atoms with E-state index in [1.165, 1.54) is 15.1 Å². The van der Waals surface area contributed by atoms with Crippen LogP contribution in [0.25, 0.3) is 0 Å². The molecule has 1 spiro atoms. The summed E-state index contributed by atoms with van der Waals surface area (Å²) in [6, 6.07) is 3.06. The van der Waals surface area contributed by atoms with Crippen molar-refractivity contribution in [2.24, 2.45) is 0 Å². The first-order valence-corrected chi connectivity index (χ1v) is 9.81. The van der Waals surface area contributed by atoms with Crippen molar-refractivity contribution in [2.45, 2.75) is 38.0 Å². The van der Waals surface area contributed by atoms with Gasteiger partial charge in [0.1, 0.15) is 5.60 Å². The van der Waals surface area contributed by atoms with Crippen LogP contribution in [0.4, 0.5) is 0 Å². The average molecular weight is 357 g/mol. The molecule has 8 nitrogen and oxygen atoms in total. The van der Waals surface area contributed by atoms with Gasteiger partial charge in [-0.3, -0.25) is 4.79 Å². The molecule has 134 valence electrons. The lowest BCUT2D eigenvalue weighted by atomic mass is 10.0. The fourth-order valence-electron chi connectivity index (χ4n) is 3.25. The predicted octanol–water partition coefficient (Wildman–Crippen LogP) is -0.157. The number of aromatic nitrogens is 2. The zero-order valence-electron chi connectivity index (χ0n) is 13.8. The molecule has 3 rings (SSSR count). The molecule has 2 fully saturated rings. The lowest BCUT2D eigenvalue weighted by Crippen LogP contribution is -2.47. The van der Waals surface area contributed by atoms with E-state index in [9.17, 15) is 13.2 Å². The molecule has 2 aliphatic heterocycles. The molecule has 0 amide bonds. The van der Waals surface area contributed by atoms with Gasteiger partial charge < -0.3 is 9.47 Å². The zero-order valence-corrected chi connectivity index (χ0v) is 14.6. The number of hydrogen-bond acceptors (Lipinski definition) is 6. The van der Waals surface area contributed by atoms with Gasteiger partial charge in [0.15, 0.2) is 0 Å². The van der Waals surface area contributed by atoms with Gasteiger partial charge in [-0.25, -0.2) is 13.1 Å². The second-order valence-corrected chi connectivity index (χ2v) is 8.55. The summed E-state index contributed by atoms with van der Waals surface area (Å²) in [6.07, 6.45) is 2.84. The third-order valence-corrected chi connectivity index (χ3v) is 6.40. The molecule has 0 aliphatic carbocycles. The fraction of sp³-hybridized carbons (Fsp3) is 0.733. The highest BCUT2D eigenvalue weighted by Crippen LogP contribution is 2.34. The van der Waals surface area contributed by atoms with Crippen LogP contribution in [0.5, 0.6) is 0 Å². The molecule has 2 saturated heterocycles. The van der Waals surface area contributed by atoms with Crippen molar-refractivity contribution in [2.75, 3.05) is 32.1 Å². The van der Waals surface area contributed by atoms with Gasteiger partial charge in [-0.2, -0.15) is 9.40 Å². The summed E-state index contributed by atoms with van der Waals surface area (Å²) >= 11 is 0. The van der Waals surface area contributed by atoms with E-state index in [0.29, 0.717) is 39.3 Å². The van der Waals surface area contributed by atoms with Gasteiger partial charge in [0, 0.05) is 25.4 Å². The van der Waals surface area contributed by atoms with Gasteiger partial charge in [0.2, 0.25) is 10.0 Å². The van der Waals surface area contributed by atoms with E-state index in [1.54, 1.807) is 19.2 Å². The quantitative estimate of drug-likeness (QED) is 0.744.